The van der Waals surface area contributed by atoms with Crippen LogP contribution >= 0.6 is 23.4 Å². The van der Waals surface area contributed by atoms with Crippen LogP contribution in [0.25, 0.3) is 0 Å². The number of alkyl halides is 3. The number of aryl methyl sites for hydroxylation is 1. The Morgan fingerprint density at radius 1 is 1.40 bits per heavy atom. The molecule has 0 fully saturated rings. The zero-order valence-electron chi connectivity index (χ0n) is 7.56. The molecular weight excluding hydrogens is 249 g/mol. The number of carbonyl (C=O) groups is 1. The van der Waals surface area contributed by atoms with E-state index in [9.17, 15) is 18.0 Å². The van der Waals surface area contributed by atoms with Crippen LogP contribution in [0.4, 0.5) is 13.2 Å². The summed E-state index contributed by atoms with van der Waals surface area (Å²) in [5.74, 6) is 0. The minimum Gasteiger partial charge on any atom is -0.276 e. The Kier molecular flexibility index (Phi) is 3.67. The van der Waals surface area contributed by atoms with Gasteiger partial charge in [-0.25, -0.2) is 0 Å². The molecule has 0 aliphatic carbocycles. The highest BCUT2D eigenvalue weighted by Crippen LogP contribution is 2.39. The molecule has 15 heavy (non-hydrogen) atoms. The molecule has 0 aliphatic rings. The molecule has 0 N–H and O–H groups in total. The number of hydrogen-bond donors (Lipinski definition) is 0. The Morgan fingerprint density at radius 3 is 2.47 bits per heavy atom. The molecule has 1 rings (SSSR count). The van der Waals surface area contributed by atoms with Crippen LogP contribution in [0, 0.1) is 6.92 Å². The first-order valence-corrected chi connectivity index (χ1v) is 5.05. The summed E-state index contributed by atoms with van der Waals surface area (Å²) in [6.45, 7) is 1.64. The first kappa shape index (κ1) is 12.4. The summed E-state index contributed by atoms with van der Waals surface area (Å²) < 4.78 is 36.4. The molecule has 0 unspecified atom stereocenters. The van der Waals surface area contributed by atoms with Crippen LogP contribution in [0.5, 0.6) is 0 Å². The molecular formula is C9H6ClF3OS. The molecule has 0 bridgehead atoms. The van der Waals surface area contributed by atoms with Gasteiger partial charge in [-0.05, 0) is 48.0 Å². The van der Waals surface area contributed by atoms with Gasteiger partial charge in [0.05, 0.1) is 0 Å². The van der Waals surface area contributed by atoms with Gasteiger partial charge >= 0.3 is 5.51 Å². The van der Waals surface area contributed by atoms with E-state index < -0.39 is 10.8 Å². The second-order valence-electron chi connectivity index (χ2n) is 2.82. The van der Waals surface area contributed by atoms with Gasteiger partial charge in [-0.2, -0.15) is 13.2 Å². The fraction of sp³-hybridized carbons (Fsp3) is 0.222. The zero-order valence-corrected chi connectivity index (χ0v) is 9.13. The summed E-state index contributed by atoms with van der Waals surface area (Å²) in [7, 11) is 0. The lowest BCUT2D eigenvalue weighted by molar-refractivity contribution is -0.0328. The van der Waals surface area contributed by atoms with Crippen LogP contribution in [0.3, 0.4) is 0 Å². The smallest absolute Gasteiger partial charge is 0.276 e. The Balaban J connectivity index is 3.13. The summed E-state index contributed by atoms with van der Waals surface area (Å²) in [4.78, 5) is 10.7. The van der Waals surface area contributed by atoms with Crippen molar-refractivity contribution in [2.75, 3.05) is 0 Å². The van der Waals surface area contributed by atoms with E-state index in [0.717, 1.165) is 0 Å². The second kappa shape index (κ2) is 4.45. The van der Waals surface area contributed by atoms with Crippen LogP contribution < -0.4 is 0 Å². The standard InChI is InChI=1S/C9H6ClF3OS/c1-5-2-3-6(8(10)14)7(4-5)15-9(11,12)13/h2-4H,1H3. The molecule has 82 valence electrons. The van der Waals surface area contributed by atoms with Crippen molar-refractivity contribution in [3.63, 3.8) is 0 Å². The van der Waals surface area contributed by atoms with Gasteiger partial charge in [0, 0.05) is 10.5 Å². The van der Waals surface area contributed by atoms with E-state index in [-0.39, 0.29) is 22.2 Å². The third-order valence-corrected chi connectivity index (χ3v) is 2.57. The molecule has 0 saturated carbocycles. The van der Waals surface area contributed by atoms with E-state index in [2.05, 4.69) is 0 Å². The molecule has 1 aromatic rings. The molecule has 0 amide bonds. The van der Waals surface area contributed by atoms with Crippen molar-refractivity contribution in [3.8, 4) is 0 Å². The minimum atomic E-state index is -4.42. The maximum atomic E-state index is 12.1. The van der Waals surface area contributed by atoms with Crippen molar-refractivity contribution in [2.24, 2.45) is 0 Å². The van der Waals surface area contributed by atoms with E-state index in [1.165, 1.54) is 18.2 Å². The number of benzene rings is 1. The Bertz CT molecular complexity index is 389. The van der Waals surface area contributed by atoms with E-state index in [4.69, 9.17) is 11.6 Å². The van der Waals surface area contributed by atoms with Crippen molar-refractivity contribution in [2.45, 2.75) is 17.3 Å². The van der Waals surface area contributed by atoms with E-state index in [1.54, 1.807) is 6.92 Å². The SMILES string of the molecule is Cc1ccc(C(=O)Cl)c(SC(F)(F)F)c1. The Labute approximate surface area is 93.6 Å². The molecule has 0 atom stereocenters. The van der Waals surface area contributed by atoms with Gasteiger partial charge in [-0.1, -0.05) is 6.07 Å². The van der Waals surface area contributed by atoms with Gasteiger partial charge in [0.1, 0.15) is 0 Å². The van der Waals surface area contributed by atoms with E-state index in [0.29, 0.717) is 5.56 Å². The monoisotopic (exact) mass is 254 g/mol. The maximum Gasteiger partial charge on any atom is 0.446 e. The number of thioether (sulfide) groups is 1. The molecule has 0 aromatic heterocycles. The minimum absolute atomic E-state index is 0.121. The Hall–Kier alpha value is -0.680. The largest absolute Gasteiger partial charge is 0.446 e. The quantitative estimate of drug-likeness (QED) is 0.586. The first-order valence-electron chi connectivity index (χ1n) is 3.86. The number of halogens is 4. The van der Waals surface area contributed by atoms with Crippen molar-refractivity contribution in [3.05, 3.63) is 29.3 Å². The number of hydrogen-bond acceptors (Lipinski definition) is 2. The van der Waals surface area contributed by atoms with Crippen LogP contribution in [0.2, 0.25) is 0 Å². The molecule has 0 radical (unpaired) electrons. The highest BCUT2D eigenvalue weighted by molar-refractivity contribution is 8.00. The normalized spacial score (nSPS) is 11.5. The third kappa shape index (κ3) is 3.76. The van der Waals surface area contributed by atoms with Gasteiger partial charge in [0.15, 0.2) is 0 Å². The number of rotatable bonds is 2. The molecule has 1 nitrogen and oxygen atoms in total. The lowest BCUT2D eigenvalue weighted by Crippen LogP contribution is -2.02. The highest BCUT2D eigenvalue weighted by atomic mass is 35.5. The van der Waals surface area contributed by atoms with Crippen LogP contribution in [-0.2, 0) is 0 Å². The van der Waals surface area contributed by atoms with Gasteiger partial charge in [0.25, 0.3) is 5.24 Å². The molecule has 0 saturated heterocycles. The predicted octanol–water partition coefficient (Wildman–Crippen LogP) is 3.99. The third-order valence-electron chi connectivity index (χ3n) is 1.57. The maximum absolute atomic E-state index is 12.1. The van der Waals surface area contributed by atoms with Crippen LogP contribution in [0.1, 0.15) is 15.9 Å². The highest BCUT2D eigenvalue weighted by Gasteiger charge is 2.31. The summed E-state index contributed by atoms with van der Waals surface area (Å²) in [6, 6.07) is 4.11. The molecule has 0 aliphatic heterocycles. The number of carbonyl (C=O) groups excluding carboxylic acids is 1. The molecule has 0 spiro atoms. The van der Waals surface area contributed by atoms with E-state index in [1.807, 2.05) is 0 Å². The zero-order chi connectivity index (χ0) is 11.6. The lowest BCUT2D eigenvalue weighted by atomic mass is 10.2. The first-order chi connectivity index (χ1) is 6.79. The second-order valence-corrected chi connectivity index (χ2v) is 4.27. The van der Waals surface area contributed by atoms with Crippen LogP contribution in [-0.4, -0.2) is 10.8 Å². The fourth-order valence-electron chi connectivity index (χ4n) is 1.00. The Morgan fingerprint density at radius 2 is 2.00 bits per heavy atom. The molecule has 6 heteroatoms. The van der Waals surface area contributed by atoms with Crippen molar-refractivity contribution >= 4 is 28.6 Å². The summed E-state index contributed by atoms with van der Waals surface area (Å²) in [5.41, 5.74) is -3.90. The average molecular weight is 255 g/mol. The van der Waals surface area contributed by atoms with Gasteiger partial charge in [-0.15, -0.1) is 0 Å². The van der Waals surface area contributed by atoms with Crippen LogP contribution in [0.15, 0.2) is 23.1 Å². The van der Waals surface area contributed by atoms with Crippen molar-refractivity contribution in [1.29, 1.82) is 0 Å². The topological polar surface area (TPSA) is 17.1 Å². The van der Waals surface area contributed by atoms with Crippen molar-refractivity contribution in [1.82, 2.24) is 0 Å². The van der Waals surface area contributed by atoms with Gasteiger partial charge in [0.2, 0.25) is 0 Å². The van der Waals surface area contributed by atoms with Gasteiger partial charge < -0.3 is 0 Å². The van der Waals surface area contributed by atoms with E-state index >= 15 is 0 Å². The average Bonchev–Trinajstić information content (AvgIpc) is 1.99. The summed E-state index contributed by atoms with van der Waals surface area (Å²) in [6.07, 6.45) is 0. The predicted molar refractivity (Wildman–Crippen MR) is 53.3 cm³/mol. The molecule has 1 aromatic carbocycles. The lowest BCUT2D eigenvalue weighted by Gasteiger charge is -2.09. The molecule has 0 heterocycles. The summed E-state index contributed by atoms with van der Waals surface area (Å²) >= 11 is 4.83. The fourth-order valence-corrected chi connectivity index (χ4v) is 1.99. The van der Waals surface area contributed by atoms with Gasteiger partial charge in [-0.3, -0.25) is 4.79 Å². The summed E-state index contributed by atoms with van der Waals surface area (Å²) in [5, 5.41) is -0.887. The van der Waals surface area contributed by atoms with Crippen molar-refractivity contribution < 1.29 is 18.0 Å².